The molecule has 0 aromatic heterocycles. The molecule has 12 bridgehead atoms. The molecule has 16 rings (SSSR count). The number of hydrogen-bond donors (Lipinski definition) is 3. The molecule has 0 radical (unpaired) electrons. The highest BCUT2D eigenvalue weighted by molar-refractivity contribution is 5.70. The molecule has 0 aromatic carbocycles. The Labute approximate surface area is 464 Å². The van der Waals surface area contributed by atoms with E-state index in [9.17, 15) is 20.1 Å². The van der Waals surface area contributed by atoms with E-state index in [4.69, 9.17) is 66.3 Å². The van der Waals surface area contributed by atoms with E-state index < -0.39 is 60.9 Å². The van der Waals surface area contributed by atoms with Crippen LogP contribution in [0, 0.1) is 29.6 Å². The van der Waals surface area contributed by atoms with Crippen LogP contribution in [0.4, 0.5) is 0 Å². The van der Waals surface area contributed by atoms with Crippen LogP contribution >= 0.6 is 0 Å². The summed E-state index contributed by atoms with van der Waals surface area (Å²) in [6.07, 6.45) is 5.15. The SMILES string of the molecule is C=C1C[C@@H]2CC[C@@]34CC5O[C@H]6[C@@H](O3)[C@H]3O[C@H](CC[C@@H]3O[C@H]6[C@H]5O4)CC(=O)O[C@@H]3[C@@H](C)[C@@H]4O[C@@H]5C[C@]6(C[C@@H]7C[C@@]8(C[C@H](C)[C@@H]7O6)C[C@H](C)[C@@H]6O[C@H]([C@H](O)C[C@H](O)CO)C[C@@H]6O8)O[C@@H]5C[C@@H]4O[C@H]3CC3O[C@@H](CCC1O2)C[C@@H](C)C3=C. The van der Waals surface area contributed by atoms with E-state index >= 15 is 0 Å². The highest BCUT2D eigenvalue weighted by atomic mass is 16.8. The predicted octanol–water partition coefficient (Wildman–Crippen LogP) is 5.59. The van der Waals surface area contributed by atoms with Crippen LogP contribution in [0.2, 0.25) is 0 Å². The highest BCUT2D eigenvalue weighted by Gasteiger charge is 2.70. The molecule has 15 saturated heterocycles. The van der Waals surface area contributed by atoms with Gasteiger partial charge in [-0.25, -0.2) is 0 Å². The molecule has 3 unspecified atom stereocenters. The summed E-state index contributed by atoms with van der Waals surface area (Å²) >= 11 is 0. The minimum atomic E-state index is -0.991. The van der Waals surface area contributed by atoms with Crippen LogP contribution in [0.1, 0.15) is 150 Å². The van der Waals surface area contributed by atoms with Gasteiger partial charge in [-0.2, -0.15) is 0 Å². The highest BCUT2D eigenvalue weighted by Crippen LogP contribution is 2.60. The number of rotatable bonds is 4. The number of carbonyl (C=O) groups excluding carboxylic acids is 1. The molecule has 0 amide bonds. The van der Waals surface area contributed by atoms with E-state index in [-0.39, 0.29) is 158 Å². The number of fused-ring (bicyclic) bond motifs is 10. The van der Waals surface area contributed by atoms with Crippen molar-refractivity contribution in [2.75, 3.05) is 6.61 Å². The first-order valence-corrected chi connectivity index (χ1v) is 31.1. The molecule has 440 valence electrons. The lowest BCUT2D eigenvalue weighted by atomic mass is 9.66. The van der Waals surface area contributed by atoms with Crippen molar-refractivity contribution in [3.8, 4) is 0 Å². The Morgan fingerprint density at radius 2 is 1.25 bits per heavy atom. The van der Waals surface area contributed by atoms with Crippen molar-refractivity contribution in [1.82, 2.24) is 0 Å². The summed E-state index contributed by atoms with van der Waals surface area (Å²) in [6.45, 7) is 17.6. The molecule has 3 spiro atoms. The molecule has 79 heavy (non-hydrogen) atoms. The van der Waals surface area contributed by atoms with Crippen molar-refractivity contribution in [3.05, 3.63) is 24.3 Å². The smallest absolute Gasteiger partial charge is 0.308 e. The van der Waals surface area contributed by atoms with E-state index in [1.165, 1.54) is 0 Å². The maximum Gasteiger partial charge on any atom is 0.308 e. The van der Waals surface area contributed by atoms with E-state index in [0.717, 1.165) is 75.4 Å². The third-order valence-corrected chi connectivity index (χ3v) is 22.5. The second-order valence-electron chi connectivity index (χ2n) is 28.1. The number of esters is 1. The van der Waals surface area contributed by atoms with Gasteiger partial charge in [-0.15, -0.1) is 0 Å². The van der Waals surface area contributed by atoms with Crippen molar-refractivity contribution in [2.24, 2.45) is 29.6 Å². The van der Waals surface area contributed by atoms with Gasteiger partial charge in [0.25, 0.3) is 0 Å². The van der Waals surface area contributed by atoms with Gasteiger partial charge in [0.2, 0.25) is 0 Å². The van der Waals surface area contributed by atoms with Crippen LogP contribution < -0.4 is 0 Å². The van der Waals surface area contributed by atoms with E-state index in [2.05, 4.69) is 40.9 Å². The van der Waals surface area contributed by atoms with Gasteiger partial charge in [-0.05, 0) is 99.0 Å². The van der Waals surface area contributed by atoms with Crippen LogP contribution in [-0.4, -0.2) is 192 Å². The molecule has 15 aliphatic heterocycles. The molecule has 15 heterocycles. The number of carbonyl (C=O) groups is 1. The lowest BCUT2D eigenvalue weighted by Crippen LogP contribution is -2.62. The van der Waals surface area contributed by atoms with Gasteiger partial charge in [-0.3, -0.25) is 4.79 Å². The first-order valence-electron chi connectivity index (χ1n) is 31.1. The number of ether oxygens (including phenoxy) is 14. The fourth-order valence-electron chi connectivity index (χ4n) is 19.0. The Morgan fingerprint density at radius 1 is 0.532 bits per heavy atom. The van der Waals surface area contributed by atoms with Gasteiger partial charge < -0.3 is 81.6 Å². The zero-order valence-corrected chi connectivity index (χ0v) is 46.8. The first kappa shape index (κ1) is 54.0. The quantitative estimate of drug-likeness (QED) is 0.232. The third kappa shape index (κ3) is 9.44. The van der Waals surface area contributed by atoms with Crippen LogP contribution in [0.15, 0.2) is 24.3 Å². The molecule has 3 N–H and O–H groups in total. The molecule has 18 nitrogen and oxygen atoms in total. The molecule has 1 saturated carbocycles. The van der Waals surface area contributed by atoms with Gasteiger partial charge >= 0.3 is 5.97 Å². The Balaban J connectivity index is 0.655. The molecule has 1 aliphatic carbocycles. The van der Waals surface area contributed by atoms with Crippen LogP contribution in [0.5, 0.6) is 0 Å². The summed E-state index contributed by atoms with van der Waals surface area (Å²) in [7, 11) is 0. The summed E-state index contributed by atoms with van der Waals surface area (Å²) in [4.78, 5) is 14.6. The van der Waals surface area contributed by atoms with Crippen molar-refractivity contribution in [1.29, 1.82) is 0 Å². The van der Waals surface area contributed by atoms with Crippen LogP contribution in [-0.2, 0) is 71.1 Å². The summed E-state index contributed by atoms with van der Waals surface area (Å²) in [6, 6.07) is 0. The lowest BCUT2D eigenvalue weighted by Gasteiger charge is -2.51. The van der Waals surface area contributed by atoms with Gasteiger partial charge in [0, 0.05) is 57.3 Å². The standard InChI is InChI=1S/C61H88O18/c1-27-13-35-7-9-39-28(2)14-37(66-39)11-12-60-25-48-55(78-60)56-57(73-48)58(79-60)54-40(70-56)10-8-36(68-54)16-49(65)74-53-32(6)52-45(69-44(53)17-41(67-35)31(27)5)19-43-47(72-52)24-61(76-43)23-33-22-59(20-29(3)50(33)77-61)21-30(4)51-46(75-59)18-42(71-51)38(64)15-34(63)26-62/h27,29-30,32-48,50-58,62-64H,2,5,7-26H2,1,3-4,6H3/t27-,29+,30+,32+,33+,34+,35+,36-,37+,38-,39?,40+,41?,42+,43-,44+,45+,46+,47-,48?,50+,51+,52+,53-,54+,55+,56+,57-,58+,59-,60+,61-/m1/s1. The summed E-state index contributed by atoms with van der Waals surface area (Å²) in [5.74, 6) is -1.27. The summed E-state index contributed by atoms with van der Waals surface area (Å²) in [5.41, 5.74) is 1.82. The number of hydrogen-bond acceptors (Lipinski definition) is 18. The van der Waals surface area contributed by atoms with Crippen LogP contribution in [0.25, 0.3) is 0 Å². The van der Waals surface area contributed by atoms with Crippen molar-refractivity contribution in [3.63, 3.8) is 0 Å². The Bertz CT molecular complexity index is 2340. The second-order valence-corrected chi connectivity index (χ2v) is 28.1. The van der Waals surface area contributed by atoms with Crippen molar-refractivity contribution in [2.45, 2.75) is 313 Å². The van der Waals surface area contributed by atoms with Gasteiger partial charge in [0.1, 0.15) is 36.6 Å². The van der Waals surface area contributed by atoms with Gasteiger partial charge in [0.05, 0.1) is 129 Å². The number of aliphatic hydroxyl groups excluding tert-OH is 3. The molecular weight excluding hydrogens is 1020 g/mol. The summed E-state index contributed by atoms with van der Waals surface area (Å²) < 4.78 is 97.1. The fraction of sp³-hybridized carbons (Fsp3) is 0.918. The normalized spacial score (nSPS) is 57.2. The third-order valence-electron chi connectivity index (χ3n) is 22.5. The maximum atomic E-state index is 14.6. The average Bonchev–Trinajstić information content (AvgIpc) is 4.26. The van der Waals surface area contributed by atoms with Gasteiger partial charge in [0.15, 0.2) is 11.6 Å². The monoisotopic (exact) mass is 1110 g/mol. The minimum absolute atomic E-state index is 0.00901. The van der Waals surface area contributed by atoms with E-state index in [0.29, 0.717) is 44.9 Å². The van der Waals surface area contributed by atoms with Crippen molar-refractivity contribution >= 4 is 5.97 Å². The van der Waals surface area contributed by atoms with Crippen LogP contribution in [0.3, 0.4) is 0 Å². The van der Waals surface area contributed by atoms with Gasteiger partial charge in [-0.1, -0.05) is 40.9 Å². The molecule has 0 aromatic rings. The van der Waals surface area contributed by atoms with Crippen molar-refractivity contribution < 1.29 is 86.4 Å². The Kier molecular flexibility index (Phi) is 13.8. The number of aliphatic hydroxyl groups is 3. The Hall–Kier alpha value is -1.69. The Morgan fingerprint density at radius 3 is 2.10 bits per heavy atom. The molecule has 32 atom stereocenters. The minimum Gasteiger partial charge on any atom is -0.459 e. The largest absolute Gasteiger partial charge is 0.459 e. The van der Waals surface area contributed by atoms with E-state index in [1.54, 1.807) is 0 Å². The first-order chi connectivity index (χ1) is 38.0. The topological polar surface area (TPSA) is 207 Å². The molecule has 16 fully saturated rings. The maximum absolute atomic E-state index is 14.6. The zero-order valence-electron chi connectivity index (χ0n) is 46.8. The predicted molar refractivity (Wildman–Crippen MR) is 277 cm³/mol. The van der Waals surface area contributed by atoms with E-state index in [1.807, 2.05) is 0 Å². The second kappa shape index (κ2) is 20.2. The molecule has 18 heteroatoms. The fourth-order valence-corrected chi connectivity index (χ4v) is 19.0. The zero-order chi connectivity index (χ0) is 54.0. The lowest BCUT2D eigenvalue weighted by molar-refractivity contribution is -0.293. The average molecular weight is 1110 g/mol. The molecule has 16 aliphatic rings. The molecular formula is C61H88O18. The summed E-state index contributed by atoms with van der Waals surface area (Å²) in [5, 5.41) is 30.4.